The molecule has 0 aromatic heterocycles. The van der Waals surface area contributed by atoms with Gasteiger partial charge in [-0.25, -0.2) is 18.0 Å². The highest BCUT2D eigenvalue weighted by Gasteiger charge is 2.46. The first-order valence-corrected chi connectivity index (χ1v) is 7.37. The molecule has 1 heterocycles. The van der Waals surface area contributed by atoms with Crippen LogP contribution >= 0.6 is 0 Å². The quantitative estimate of drug-likeness (QED) is 0.869. The lowest BCUT2D eigenvalue weighted by Gasteiger charge is -2.36. The highest BCUT2D eigenvalue weighted by molar-refractivity contribution is 5.67. The van der Waals surface area contributed by atoms with Crippen LogP contribution in [0.5, 0.6) is 0 Å². The van der Waals surface area contributed by atoms with E-state index in [1.165, 1.54) is 0 Å². The minimum absolute atomic E-state index is 0.156. The number of carboxylic acid groups (broad SMARTS) is 1. The van der Waals surface area contributed by atoms with Gasteiger partial charge in [-0.05, 0) is 18.3 Å². The molecule has 23 heavy (non-hydrogen) atoms. The van der Waals surface area contributed by atoms with E-state index in [4.69, 9.17) is 0 Å². The Morgan fingerprint density at radius 2 is 1.74 bits per heavy atom. The van der Waals surface area contributed by atoms with Crippen molar-refractivity contribution in [3.63, 3.8) is 0 Å². The van der Waals surface area contributed by atoms with Crippen molar-refractivity contribution >= 4 is 6.09 Å². The van der Waals surface area contributed by atoms with E-state index in [9.17, 15) is 28.2 Å². The molecule has 0 spiro atoms. The molecule has 1 aliphatic rings. The molecule has 1 saturated heterocycles. The molecule has 4 nitrogen and oxygen atoms in total. The van der Waals surface area contributed by atoms with Crippen molar-refractivity contribution in [1.29, 1.82) is 0 Å². The molecule has 1 aromatic rings. The van der Waals surface area contributed by atoms with Gasteiger partial charge in [0.05, 0.1) is 18.2 Å². The van der Waals surface area contributed by atoms with Gasteiger partial charge in [0, 0.05) is 17.7 Å². The fourth-order valence-electron chi connectivity index (χ4n) is 3.16. The van der Waals surface area contributed by atoms with E-state index in [-0.39, 0.29) is 12.8 Å². The van der Waals surface area contributed by atoms with Crippen molar-refractivity contribution < 1.29 is 28.2 Å². The predicted molar refractivity (Wildman–Crippen MR) is 77.4 cm³/mol. The number of rotatable bonds is 2. The van der Waals surface area contributed by atoms with Crippen LogP contribution in [0.15, 0.2) is 12.1 Å². The van der Waals surface area contributed by atoms with E-state index in [2.05, 4.69) is 0 Å². The first-order valence-electron chi connectivity index (χ1n) is 7.37. The van der Waals surface area contributed by atoms with Crippen LogP contribution in [0.2, 0.25) is 0 Å². The smallest absolute Gasteiger partial charge is 0.408 e. The monoisotopic (exact) mass is 331 g/mol. The maximum atomic E-state index is 14.0. The molecule has 7 heteroatoms. The van der Waals surface area contributed by atoms with Crippen LogP contribution < -0.4 is 0 Å². The zero-order chi connectivity index (χ0) is 17.5. The molecular formula is C16H20F3NO3. The summed E-state index contributed by atoms with van der Waals surface area (Å²) in [7, 11) is 0. The van der Waals surface area contributed by atoms with E-state index in [0.29, 0.717) is 12.1 Å². The summed E-state index contributed by atoms with van der Waals surface area (Å²) in [6.45, 7) is 5.26. The highest BCUT2D eigenvalue weighted by Crippen LogP contribution is 2.42. The lowest BCUT2D eigenvalue weighted by molar-refractivity contribution is -0.00829. The van der Waals surface area contributed by atoms with Gasteiger partial charge in [0.25, 0.3) is 0 Å². The van der Waals surface area contributed by atoms with Crippen LogP contribution in [0.25, 0.3) is 0 Å². The zero-order valence-electron chi connectivity index (χ0n) is 13.2. The number of hydrogen-bond donors (Lipinski definition) is 2. The van der Waals surface area contributed by atoms with E-state index < -0.39 is 52.7 Å². The van der Waals surface area contributed by atoms with Crippen molar-refractivity contribution in [2.45, 2.75) is 51.8 Å². The zero-order valence-corrected chi connectivity index (χ0v) is 13.2. The van der Waals surface area contributed by atoms with Gasteiger partial charge in [-0.1, -0.05) is 20.8 Å². The average Bonchev–Trinajstić information content (AvgIpc) is 2.79. The van der Waals surface area contributed by atoms with Gasteiger partial charge in [-0.15, -0.1) is 0 Å². The van der Waals surface area contributed by atoms with Crippen molar-refractivity contribution in [2.75, 3.05) is 0 Å². The Morgan fingerprint density at radius 1 is 1.22 bits per heavy atom. The van der Waals surface area contributed by atoms with Gasteiger partial charge in [-0.2, -0.15) is 0 Å². The molecule has 0 saturated carbocycles. The topological polar surface area (TPSA) is 60.8 Å². The molecule has 1 aliphatic heterocycles. The summed E-state index contributed by atoms with van der Waals surface area (Å²) in [6, 6.07) is -0.797. The van der Waals surface area contributed by atoms with Gasteiger partial charge in [0.1, 0.15) is 17.5 Å². The molecule has 1 aromatic carbocycles. The number of aliphatic hydroxyl groups excluding tert-OH is 1. The number of halogens is 3. The molecule has 128 valence electrons. The molecule has 2 N–H and O–H groups in total. The lowest BCUT2D eigenvalue weighted by Crippen LogP contribution is -2.48. The SMILES string of the molecule is CC(C)(C)C(O)[C@H]1CC[C@@H](c2c(F)cc(F)cc2F)N1C(=O)O. The fraction of sp³-hybridized carbons (Fsp3) is 0.562. The fourth-order valence-corrected chi connectivity index (χ4v) is 3.16. The first-order chi connectivity index (χ1) is 10.5. The first kappa shape index (κ1) is 17.6. The van der Waals surface area contributed by atoms with Crippen LogP contribution in [0, 0.1) is 22.9 Å². The normalized spacial score (nSPS) is 23.2. The maximum Gasteiger partial charge on any atom is 0.408 e. The van der Waals surface area contributed by atoms with Crippen molar-refractivity contribution in [1.82, 2.24) is 4.90 Å². The van der Waals surface area contributed by atoms with Gasteiger partial charge >= 0.3 is 6.09 Å². The summed E-state index contributed by atoms with van der Waals surface area (Å²) < 4.78 is 41.1. The van der Waals surface area contributed by atoms with Crippen molar-refractivity contribution in [3.8, 4) is 0 Å². The second kappa shape index (κ2) is 6.03. The average molecular weight is 331 g/mol. The number of benzene rings is 1. The summed E-state index contributed by atoms with van der Waals surface area (Å²) in [5, 5.41) is 19.9. The highest BCUT2D eigenvalue weighted by atomic mass is 19.1. The Balaban J connectivity index is 2.43. The third-order valence-corrected chi connectivity index (χ3v) is 4.28. The molecule has 0 radical (unpaired) electrons. The molecule has 0 aliphatic carbocycles. The van der Waals surface area contributed by atoms with Crippen LogP contribution in [0.4, 0.5) is 18.0 Å². The standard InChI is InChI=1S/C16H20F3NO3/c1-16(2,3)14(21)12-5-4-11(20(12)15(22)23)13-9(18)6-8(17)7-10(13)19/h6-7,11-12,14,21H,4-5H2,1-3H3,(H,22,23)/t11-,12+,14?/m0/s1. The maximum absolute atomic E-state index is 14.0. The number of carbonyl (C=O) groups is 1. The second-order valence-electron chi connectivity index (χ2n) is 6.94. The van der Waals surface area contributed by atoms with Crippen molar-refractivity contribution in [3.05, 3.63) is 35.1 Å². The van der Waals surface area contributed by atoms with Gasteiger partial charge in [0.15, 0.2) is 0 Å². The largest absolute Gasteiger partial charge is 0.465 e. The van der Waals surface area contributed by atoms with Gasteiger partial charge in [-0.3, -0.25) is 4.90 Å². The number of aliphatic hydroxyl groups is 1. The molecule has 0 bridgehead atoms. The number of nitrogens with zero attached hydrogens (tertiary/aromatic N) is 1. The minimum Gasteiger partial charge on any atom is -0.465 e. The Hall–Kier alpha value is -1.76. The van der Waals surface area contributed by atoms with Crippen LogP contribution in [0.1, 0.15) is 45.2 Å². The Labute approximate surface area is 132 Å². The lowest BCUT2D eigenvalue weighted by atomic mass is 9.84. The van der Waals surface area contributed by atoms with Gasteiger partial charge in [0.2, 0.25) is 0 Å². The summed E-state index contributed by atoms with van der Waals surface area (Å²) in [4.78, 5) is 12.5. The summed E-state index contributed by atoms with van der Waals surface area (Å²) in [5.41, 5.74) is -1.06. The number of hydrogen-bond acceptors (Lipinski definition) is 2. The predicted octanol–water partition coefficient (Wildman–Crippen LogP) is 3.69. The van der Waals surface area contributed by atoms with E-state index in [1.807, 2.05) is 0 Å². The summed E-state index contributed by atoms with van der Waals surface area (Å²) in [6.07, 6.45) is -1.94. The molecule has 2 rings (SSSR count). The van der Waals surface area contributed by atoms with Crippen molar-refractivity contribution in [2.24, 2.45) is 5.41 Å². The summed E-state index contributed by atoms with van der Waals surface area (Å²) >= 11 is 0. The number of likely N-dealkylation sites (tertiary alicyclic amines) is 1. The summed E-state index contributed by atoms with van der Waals surface area (Å²) in [5.74, 6) is -3.30. The van der Waals surface area contributed by atoms with E-state index >= 15 is 0 Å². The Bertz CT molecular complexity index is 592. The van der Waals surface area contributed by atoms with E-state index in [0.717, 1.165) is 4.90 Å². The third kappa shape index (κ3) is 3.29. The van der Waals surface area contributed by atoms with Crippen LogP contribution in [-0.2, 0) is 0 Å². The molecule has 1 amide bonds. The molecule has 3 atom stereocenters. The minimum atomic E-state index is -1.37. The van der Waals surface area contributed by atoms with Gasteiger partial charge < -0.3 is 10.2 Å². The molecular weight excluding hydrogens is 311 g/mol. The molecule has 1 fully saturated rings. The van der Waals surface area contributed by atoms with E-state index in [1.54, 1.807) is 20.8 Å². The molecule has 1 unspecified atom stereocenters. The second-order valence-corrected chi connectivity index (χ2v) is 6.94. The number of amides is 1. The van der Waals surface area contributed by atoms with Crippen LogP contribution in [-0.4, -0.2) is 33.4 Å². The Morgan fingerprint density at radius 3 is 2.17 bits per heavy atom. The third-order valence-electron chi connectivity index (χ3n) is 4.28. The Kier molecular flexibility index (Phi) is 4.61. The van der Waals surface area contributed by atoms with Crippen LogP contribution in [0.3, 0.4) is 0 Å².